The molecule has 0 aromatic heterocycles. The lowest BCUT2D eigenvalue weighted by molar-refractivity contribution is -0.141. The highest BCUT2D eigenvalue weighted by atomic mass is 79.9. The van der Waals surface area contributed by atoms with Gasteiger partial charge in [-0.2, -0.15) is 0 Å². The summed E-state index contributed by atoms with van der Waals surface area (Å²) in [6.07, 6.45) is 1.95. The zero-order chi connectivity index (χ0) is 30.9. The number of hydrogen-bond donors (Lipinski definition) is 1. The van der Waals surface area contributed by atoms with Crippen LogP contribution in [0.2, 0.25) is 0 Å². The van der Waals surface area contributed by atoms with E-state index < -0.39 is 16.1 Å². The van der Waals surface area contributed by atoms with Gasteiger partial charge in [0.1, 0.15) is 6.04 Å². The van der Waals surface area contributed by atoms with Crippen LogP contribution in [0.4, 0.5) is 5.69 Å². The summed E-state index contributed by atoms with van der Waals surface area (Å²) in [6, 6.07) is 22.3. The maximum atomic E-state index is 13.9. The number of hydrogen-bond acceptors (Lipinski definition) is 4. The van der Waals surface area contributed by atoms with Gasteiger partial charge in [-0.15, -0.1) is 0 Å². The van der Waals surface area contributed by atoms with E-state index in [1.165, 1.54) is 10.6 Å². The van der Waals surface area contributed by atoms with Gasteiger partial charge in [-0.3, -0.25) is 13.9 Å². The number of carbonyl (C=O) groups is 2. The summed E-state index contributed by atoms with van der Waals surface area (Å²) in [6.45, 7) is 8.77. The smallest absolute Gasteiger partial charge is 0.243 e. The van der Waals surface area contributed by atoms with Gasteiger partial charge in [-0.25, -0.2) is 8.42 Å². The molecule has 0 aliphatic carbocycles. The minimum absolute atomic E-state index is 0.0934. The zero-order valence-electron chi connectivity index (χ0n) is 25.1. The van der Waals surface area contributed by atoms with Gasteiger partial charge in [0.15, 0.2) is 0 Å². The maximum Gasteiger partial charge on any atom is 0.243 e. The van der Waals surface area contributed by atoms with Gasteiger partial charge in [-0.1, -0.05) is 84.4 Å². The second-order valence-corrected chi connectivity index (χ2v) is 14.0. The Morgan fingerprint density at radius 3 is 2.21 bits per heavy atom. The molecule has 3 rings (SSSR count). The Morgan fingerprint density at radius 1 is 0.929 bits per heavy atom. The van der Waals surface area contributed by atoms with Crippen molar-refractivity contribution in [2.75, 3.05) is 23.7 Å². The SMILES string of the molecule is Cc1ccc(C)c(N(CCCC(=O)N(Cc2ccc(Br)cc2)[C@@H](Cc2ccccc2)C(=O)NCC(C)C)S(C)(=O)=O)c1. The third-order valence-corrected chi connectivity index (χ3v) is 8.72. The van der Waals surface area contributed by atoms with E-state index in [-0.39, 0.29) is 37.2 Å². The van der Waals surface area contributed by atoms with Crippen LogP contribution in [0.25, 0.3) is 0 Å². The molecule has 1 atom stereocenters. The van der Waals surface area contributed by atoms with Gasteiger partial charge in [0.2, 0.25) is 21.8 Å². The monoisotopic (exact) mass is 655 g/mol. The minimum Gasteiger partial charge on any atom is -0.354 e. The molecular formula is C33H42BrN3O4S. The van der Waals surface area contributed by atoms with E-state index in [2.05, 4.69) is 21.2 Å². The molecule has 0 heterocycles. The van der Waals surface area contributed by atoms with E-state index >= 15 is 0 Å². The van der Waals surface area contributed by atoms with Crippen LogP contribution in [-0.2, 0) is 32.6 Å². The van der Waals surface area contributed by atoms with E-state index in [0.717, 1.165) is 26.7 Å². The van der Waals surface area contributed by atoms with Crippen molar-refractivity contribution in [3.8, 4) is 0 Å². The summed E-state index contributed by atoms with van der Waals surface area (Å²) in [5.41, 5.74) is 4.27. The summed E-state index contributed by atoms with van der Waals surface area (Å²) < 4.78 is 27.8. The van der Waals surface area contributed by atoms with Gasteiger partial charge in [0, 0.05) is 36.9 Å². The number of carbonyl (C=O) groups excluding carboxylic acids is 2. The standard InChI is InChI=1S/C33H42BrN3O4S/c1-24(2)22-35-33(39)31(21-27-10-7-6-8-11-27)36(23-28-15-17-29(34)18-16-28)32(38)12-9-19-37(42(5,40)41)30-20-25(3)13-14-26(30)4/h6-8,10-11,13-18,20,24,31H,9,12,19,21-23H2,1-5H3,(H,35,39)/t31-/m0/s1. The topological polar surface area (TPSA) is 86.8 Å². The summed E-state index contributed by atoms with van der Waals surface area (Å²) in [5.74, 6) is -0.145. The Hall–Kier alpha value is -3.17. The molecule has 1 N–H and O–H groups in total. The second kappa shape index (κ2) is 15.3. The highest BCUT2D eigenvalue weighted by Crippen LogP contribution is 2.25. The van der Waals surface area contributed by atoms with Crippen molar-refractivity contribution in [2.45, 2.75) is 59.5 Å². The molecule has 2 amide bonds. The van der Waals surface area contributed by atoms with Crippen LogP contribution in [0.1, 0.15) is 48.9 Å². The summed E-state index contributed by atoms with van der Waals surface area (Å²) in [5, 5.41) is 3.03. The van der Waals surface area contributed by atoms with Gasteiger partial charge >= 0.3 is 0 Å². The lowest BCUT2D eigenvalue weighted by Gasteiger charge is -2.32. The average molecular weight is 657 g/mol. The number of benzene rings is 3. The van der Waals surface area contributed by atoms with E-state index in [4.69, 9.17) is 0 Å². The molecule has 0 saturated heterocycles. The van der Waals surface area contributed by atoms with Crippen LogP contribution in [0.3, 0.4) is 0 Å². The van der Waals surface area contributed by atoms with Crippen molar-refractivity contribution < 1.29 is 18.0 Å². The third kappa shape index (κ3) is 9.98. The lowest BCUT2D eigenvalue weighted by atomic mass is 10.0. The Labute approximate surface area is 259 Å². The van der Waals surface area contributed by atoms with Gasteiger partial charge in [0.25, 0.3) is 0 Å². The number of halogens is 1. The average Bonchev–Trinajstić information content (AvgIpc) is 2.94. The summed E-state index contributed by atoms with van der Waals surface area (Å²) in [4.78, 5) is 29.2. The first kappa shape index (κ1) is 33.3. The molecule has 226 valence electrons. The Balaban J connectivity index is 1.89. The fourth-order valence-electron chi connectivity index (χ4n) is 4.73. The first-order valence-corrected chi connectivity index (χ1v) is 16.9. The number of aryl methyl sites for hydroxylation is 2. The molecule has 0 radical (unpaired) electrons. The molecule has 0 aliphatic heterocycles. The molecule has 0 aliphatic rings. The molecule has 0 spiro atoms. The van der Waals surface area contributed by atoms with Gasteiger partial charge < -0.3 is 10.2 Å². The van der Waals surface area contributed by atoms with Gasteiger partial charge in [0.05, 0.1) is 11.9 Å². The highest BCUT2D eigenvalue weighted by Gasteiger charge is 2.30. The molecule has 0 fully saturated rings. The molecule has 42 heavy (non-hydrogen) atoms. The van der Waals surface area contributed by atoms with Crippen molar-refractivity contribution in [3.63, 3.8) is 0 Å². The molecule has 0 bridgehead atoms. The van der Waals surface area contributed by atoms with Crippen LogP contribution >= 0.6 is 15.9 Å². The summed E-state index contributed by atoms with van der Waals surface area (Å²) in [7, 11) is -3.57. The van der Waals surface area contributed by atoms with Crippen molar-refractivity contribution in [3.05, 3.63) is 99.5 Å². The van der Waals surface area contributed by atoms with Crippen LogP contribution in [0.15, 0.2) is 77.3 Å². The van der Waals surface area contributed by atoms with Crippen molar-refractivity contribution >= 4 is 43.5 Å². The first-order valence-electron chi connectivity index (χ1n) is 14.3. The van der Waals surface area contributed by atoms with Crippen molar-refractivity contribution in [2.24, 2.45) is 5.92 Å². The predicted octanol–water partition coefficient (Wildman–Crippen LogP) is 6.02. The minimum atomic E-state index is -3.57. The van der Waals surface area contributed by atoms with Crippen LogP contribution < -0.4 is 9.62 Å². The van der Waals surface area contributed by atoms with Crippen LogP contribution in [0, 0.1) is 19.8 Å². The number of anilines is 1. The number of nitrogens with one attached hydrogen (secondary N) is 1. The Morgan fingerprint density at radius 2 is 1.60 bits per heavy atom. The Bertz CT molecular complexity index is 1440. The number of rotatable bonds is 14. The maximum absolute atomic E-state index is 13.9. The first-order chi connectivity index (χ1) is 19.8. The molecule has 9 heteroatoms. The lowest BCUT2D eigenvalue weighted by Crippen LogP contribution is -2.51. The predicted molar refractivity (Wildman–Crippen MR) is 174 cm³/mol. The van der Waals surface area contributed by atoms with Crippen molar-refractivity contribution in [1.82, 2.24) is 10.2 Å². The van der Waals surface area contributed by atoms with Crippen LogP contribution in [-0.4, -0.2) is 50.5 Å². The highest BCUT2D eigenvalue weighted by molar-refractivity contribution is 9.10. The largest absolute Gasteiger partial charge is 0.354 e. The normalized spacial score (nSPS) is 12.2. The third-order valence-electron chi connectivity index (χ3n) is 7.01. The van der Waals surface area contributed by atoms with E-state index in [1.54, 1.807) is 4.90 Å². The van der Waals surface area contributed by atoms with E-state index in [1.807, 2.05) is 100 Å². The fraction of sp³-hybridized carbons (Fsp3) is 0.394. The van der Waals surface area contributed by atoms with Gasteiger partial charge in [-0.05, 0) is 66.6 Å². The number of amides is 2. The Kier molecular flexibility index (Phi) is 12.2. The molecule has 0 saturated carbocycles. The van der Waals surface area contributed by atoms with E-state index in [9.17, 15) is 18.0 Å². The van der Waals surface area contributed by atoms with E-state index in [0.29, 0.717) is 25.1 Å². The summed E-state index contributed by atoms with van der Waals surface area (Å²) >= 11 is 3.47. The molecule has 0 unspecified atom stereocenters. The second-order valence-electron chi connectivity index (χ2n) is 11.2. The molecular weight excluding hydrogens is 614 g/mol. The van der Waals surface area contributed by atoms with Crippen LogP contribution in [0.5, 0.6) is 0 Å². The number of sulfonamides is 1. The fourth-order valence-corrected chi connectivity index (χ4v) is 6.01. The molecule has 3 aromatic carbocycles. The van der Waals surface area contributed by atoms with Crippen molar-refractivity contribution in [1.29, 1.82) is 0 Å². The zero-order valence-corrected chi connectivity index (χ0v) is 27.5. The molecule has 3 aromatic rings. The quantitative estimate of drug-likeness (QED) is 0.230. The molecule has 7 nitrogen and oxygen atoms in total. The number of nitrogens with zero attached hydrogens (tertiary/aromatic N) is 2.